The molecule has 25 heavy (non-hydrogen) atoms. The summed E-state index contributed by atoms with van der Waals surface area (Å²) in [5.41, 5.74) is 2.40. The standard InChI is InChI=1S/C19H24N4OS/c1-15-6-7-16-4-2-3-5-17(16)23(15)18(24)14-21-9-11-22(12-10-21)19-20-8-13-25-19/h2-5,8,13,15H,6-7,9-12,14H2,1H3. The number of nitrogens with zero attached hydrogens (tertiary/aromatic N) is 4. The molecular formula is C19H24N4OS. The third-order valence-electron chi connectivity index (χ3n) is 5.21. The molecule has 1 amide bonds. The molecule has 1 fully saturated rings. The number of amides is 1. The number of fused-ring (bicyclic) bond motifs is 1. The van der Waals surface area contributed by atoms with Crippen LogP contribution in [0.3, 0.4) is 0 Å². The Bertz CT molecular complexity index is 725. The van der Waals surface area contributed by atoms with E-state index in [0.29, 0.717) is 6.54 Å². The zero-order valence-electron chi connectivity index (χ0n) is 14.6. The van der Waals surface area contributed by atoms with Crippen LogP contribution in [0.1, 0.15) is 18.9 Å². The molecule has 1 unspecified atom stereocenters. The first-order valence-corrected chi connectivity index (χ1v) is 9.87. The lowest BCUT2D eigenvalue weighted by Crippen LogP contribution is -2.52. The average Bonchev–Trinajstić information content (AvgIpc) is 3.17. The van der Waals surface area contributed by atoms with Gasteiger partial charge in [0.25, 0.3) is 0 Å². The van der Waals surface area contributed by atoms with E-state index in [4.69, 9.17) is 0 Å². The minimum absolute atomic E-state index is 0.224. The molecule has 0 aliphatic carbocycles. The van der Waals surface area contributed by atoms with Crippen molar-refractivity contribution >= 4 is 28.1 Å². The van der Waals surface area contributed by atoms with E-state index in [1.807, 2.05) is 22.5 Å². The monoisotopic (exact) mass is 356 g/mol. The fraction of sp³-hybridized carbons (Fsp3) is 0.474. The number of carbonyl (C=O) groups excluding carboxylic acids is 1. The highest BCUT2D eigenvalue weighted by Gasteiger charge is 2.29. The van der Waals surface area contributed by atoms with Gasteiger partial charge in [-0.3, -0.25) is 9.69 Å². The number of benzene rings is 1. The van der Waals surface area contributed by atoms with Crippen molar-refractivity contribution in [3.8, 4) is 0 Å². The first kappa shape index (κ1) is 16.5. The summed E-state index contributed by atoms with van der Waals surface area (Å²) in [6.45, 7) is 6.36. The van der Waals surface area contributed by atoms with Gasteiger partial charge in [-0.05, 0) is 31.4 Å². The summed E-state index contributed by atoms with van der Waals surface area (Å²) < 4.78 is 0. The zero-order valence-corrected chi connectivity index (χ0v) is 15.4. The van der Waals surface area contributed by atoms with Crippen molar-refractivity contribution in [3.05, 3.63) is 41.4 Å². The van der Waals surface area contributed by atoms with E-state index < -0.39 is 0 Å². The maximum absolute atomic E-state index is 13.0. The summed E-state index contributed by atoms with van der Waals surface area (Å²) in [5, 5.41) is 3.10. The Morgan fingerprint density at radius 3 is 2.80 bits per heavy atom. The molecule has 132 valence electrons. The van der Waals surface area contributed by atoms with E-state index >= 15 is 0 Å². The summed E-state index contributed by atoms with van der Waals surface area (Å²) in [6, 6.07) is 8.61. The Hall–Kier alpha value is -1.92. The predicted molar refractivity (Wildman–Crippen MR) is 102 cm³/mol. The normalized spacial score (nSPS) is 21.2. The number of piperazine rings is 1. The van der Waals surface area contributed by atoms with E-state index in [0.717, 1.165) is 49.8 Å². The van der Waals surface area contributed by atoms with E-state index in [9.17, 15) is 4.79 Å². The molecule has 1 aromatic heterocycles. The summed E-state index contributed by atoms with van der Waals surface area (Å²) >= 11 is 1.68. The van der Waals surface area contributed by atoms with E-state index in [2.05, 4.69) is 39.9 Å². The number of anilines is 2. The van der Waals surface area contributed by atoms with Crippen LogP contribution in [-0.2, 0) is 11.2 Å². The van der Waals surface area contributed by atoms with E-state index in [1.165, 1.54) is 5.56 Å². The average molecular weight is 356 g/mol. The first-order valence-electron chi connectivity index (χ1n) is 8.99. The highest BCUT2D eigenvalue weighted by atomic mass is 32.1. The van der Waals surface area contributed by atoms with Crippen molar-refractivity contribution in [2.24, 2.45) is 0 Å². The maximum Gasteiger partial charge on any atom is 0.241 e. The number of thiazole rings is 1. The SMILES string of the molecule is CC1CCc2ccccc2N1C(=O)CN1CCN(c2nccs2)CC1. The number of hydrogen-bond acceptors (Lipinski definition) is 5. The number of carbonyl (C=O) groups is 1. The second-order valence-corrected chi connectivity index (χ2v) is 7.73. The van der Waals surface area contributed by atoms with Gasteiger partial charge in [-0.2, -0.15) is 0 Å². The van der Waals surface area contributed by atoms with Crippen LogP contribution in [0.2, 0.25) is 0 Å². The molecule has 2 aliphatic rings. The number of hydrogen-bond donors (Lipinski definition) is 0. The molecule has 0 saturated carbocycles. The van der Waals surface area contributed by atoms with Crippen molar-refractivity contribution in [3.63, 3.8) is 0 Å². The molecule has 3 heterocycles. The van der Waals surface area contributed by atoms with Crippen LogP contribution < -0.4 is 9.80 Å². The summed E-state index contributed by atoms with van der Waals surface area (Å²) in [6.07, 6.45) is 3.96. The predicted octanol–water partition coefficient (Wildman–Crippen LogP) is 2.63. The molecule has 5 nitrogen and oxygen atoms in total. The molecule has 0 spiro atoms. The van der Waals surface area contributed by atoms with Gasteiger partial charge in [0.15, 0.2) is 5.13 Å². The Morgan fingerprint density at radius 1 is 1.24 bits per heavy atom. The van der Waals surface area contributed by atoms with E-state index in [-0.39, 0.29) is 11.9 Å². The first-order chi connectivity index (χ1) is 12.2. The Kier molecular flexibility index (Phi) is 4.72. The van der Waals surface area contributed by atoms with Gasteiger partial charge in [0.1, 0.15) is 0 Å². The molecule has 1 atom stereocenters. The van der Waals surface area contributed by atoms with Crippen LogP contribution in [0, 0.1) is 0 Å². The number of rotatable bonds is 3. The van der Waals surface area contributed by atoms with Crippen LogP contribution in [0.25, 0.3) is 0 Å². The van der Waals surface area contributed by atoms with E-state index in [1.54, 1.807) is 11.3 Å². The van der Waals surface area contributed by atoms with Crippen LogP contribution in [0.4, 0.5) is 10.8 Å². The molecule has 1 aromatic carbocycles. The van der Waals surface area contributed by atoms with Crippen molar-refractivity contribution in [1.82, 2.24) is 9.88 Å². The topological polar surface area (TPSA) is 39.7 Å². The minimum atomic E-state index is 0.224. The molecule has 0 radical (unpaired) electrons. The second-order valence-electron chi connectivity index (χ2n) is 6.86. The van der Waals surface area contributed by atoms with Crippen molar-refractivity contribution in [1.29, 1.82) is 0 Å². The van der Waals surface area contributed by atoms with Gasteiger partial charge < -0.3 is 9.80 Å². The zero-order chi connectivity index (χ0) is 17.2. The summed E-state index contributed by atoms with van der Waals surface area (Å²) in [5.74, 6) is 0.224. The Balaban J connectivity index is 1.40. The van der Waals surface area contributed by atoms with Gasteiger partial charge in [0.05, 0.1) is 6.54 Å². The van der Waals surface area contributed by atoms with Crippen molar-refractivity contribution < 1.29 is 4.79 Å². The lowest BCUT2D eigenvalue weighted by Gasteiger charge is -2.38. The summed E-state index contributed by atoms with van der Waals surface area (Å²) in [7, 11) is 0. The van der Waals surface area contributed by atoms with Gasteiger partial charge in [0, 0.05) is 49.5 Å². The second kappa shape index (κ2) is 7.14. The molecule has 6 heteroatoms. The Morgan fingerprint density at radius 2 is 2.04 bits per heavy atom. The third-order valence-corrected chi connectivity index (χ3v) is 6.05. The third kappa shape index (κ3) is 3.41. The molecular weight excluding hydrogens is 332 g/mol. The molecule has 2 aliphatic heterocycles. The molecule has 2 aromatic rings. The fourth-order valence-corrected chi connectivity index (χ4v) is 4.50. The molecule has 1 saturated heterocycles. The molecule has 0 bridgehead atoms. The smallest absolute Gasteiger partial charge is 0.241 e. The van der Waals surface area contributed by atoms with Crippen LogP contribution in [-0.4, -0.2) is 54.6 Å². The van der Waals surface area contributed by atoms with Gasteiger partial charge in [-0.1, -0.05) is 18.2 Å². The van der Waals surface area contributed by atoms with Crippen molar-refractivity contribution in [2.45, 2.75) is 25.8 Å². The highest BCUT2D eigenvalue weighted by molar-refractivity contribution is 7.13. The van der Waals surface area contributed by atoms with Crippen LogP contribution >= 0.6 is 11.3 Å². The molecule has 4 rings (SSSR count). The lowest BCUT2D eigenvalue weighted by atomic mass is 9.96. The largest absolute Gasteiger partial charge is 0.346 e. The van der Waals surface area contributed by atoms with Crippen molar-refractivity contribution in [2.75, 3.05) is 42.5 Å². The number of para-hydroxylation sites is 1. The summed E-state index contributed by atoms with van der Waals surface area (Å²) in [4.78, 5) is 24.0. The van der Waals surface area contributed by atoms with Gasteiger partial charge >= 0.3 is 0 Å². The molecule has 0 N–H and O–H groups in total. The lowest BCUT2D eigenvalue weighted by molar-refractivity contribution is -0.120. The Labute approximate surface area is 152 Å². The quantitative estimate of drug-likeness (QED) is 0.848. The van der Waals surface area contributed by atoms with Gasteiger partial charge in [-0.25, -0.2) is 4.98 Å². The van der Waals surface area contributed by atoms with Crippen LogP contribution in [0.5, 0.6) is 0 Å². The number of aryl methyl sites for hydroxylation is 1. The van der Waals surface area contributed by atoms with Gasteiger partial charge in [0.2, 0.25) is 5.91 Å². The maximum atomic E-state index is 13.0. The number of aromatic nitrogens is 1. The van der Waals surface area contributed by atoms with Gasteiger partial charge in [-0.15, -0.1) is 11.3 Å². The highest BCUT2D eigenvalue weighted by Crippen LogP contribution is 2.30. The van der Waals surface area contributed by atoms with Crippen LogP contribution in [0.15, 0.2) is 35.8 Å². The minimum Gasteiger partial charge on any atom is -0.346 e. The fourth-order valence-electron chi connectivity index (χ4n) is 3.81.